The second-order valence-electron chi connectivity index (χ2n) is 5.12. The SMILES string of the molecule is CCOC(=O)c1cc(N/C=C/C(C(=O)OCC)C(=O)OCC)c(=O)oc1C. The van der Waals surface area contributed by atoms with Crippen molar-refractivity contribution in [2.75, 3.05) is 25.1 Å². The number of esters is 3. The monoisotopic (exact) mass is 381 g/mol. The molecule has 0 aromatic carbocycles. The third kappa shape index (κ3) is 6.28. The van der Waals surface area contributed by atoms with Gasteiger partial charge in [-0.05, 0) is 46.0 Å². The molecule has 0 atom stereocenters. The summed E-state index contributed by atoms with van der Waals surface area (Å²) in [6.45, 7) is 6.69. The molecule has 0 amide bonds. The Balaban J connectivity index is 3.03. The molecule has 0 aliphatic rings. The van der Waals surface area contributed by atoms with Crippen LogP contribution in [0, 0.1) is 12.8 Å². The fourth-order valence-corrected chi connectivity index (χ4v) is 2.02. The first-order chi connectivity index (χ1) is 12.8. The number of hydrogen-bond acceptors (Lipinski definition) is 9. The lowest BCUT2D eigenvalue weighted by atomic mass is 10.1. The highest BCUT2D eigenvalue weighted by Gasteiger charge is 2.26. The minimum absolute atomic E-state index is 0.0635. The molecule has 1 N–H and O–H groups in total. The Morgan fingerprint density at radius 1 is 1.07 bits per heavy atom. The van der Waals surface area contributed by atoms with Crippen molar-refractivity contribution in [3.8, 4) is 0 Å². The van der Waals surface area contributed by atoms with Gasteiger partial charge in [0.1, 0.15) is 17.0 Å². The molecule has 0 fully saturated rings. The second-order valence-corrected chi connectivity index (χ2v) is 5.12. The van der Waals surface area contributed by atoms with Crippen molar-refractivity contribution >= 4 is 23.6 Å². The summed E-state index contributed by atoms with van der Waals surface area (Å²) < 4.78 is 19.6. The van der Waals surface area contributed by atoms with E-state index in [1.165, 1.54) is 25.3 Å². The Morgan fingerprint density at radius 3 is 2.15 bits per heavy atom. The predicted molar refractivity (Wildman–Crippen MR) is 95.2 cm³/mol. The Morgan fingerprint density at radius 2 is 1.63 bits per heavy atom. The van der Waals surface area contributed by atoms with Crippen LogP contribution in [0.2, 0.25) is 0 Å². The molecule has 1 heterocycles. The highest BCUT2D eigenvalue weighted by molar-refractivity contribution is 5.97. The van der Waals surface area contributed by atoms with E-state index < -0.39 is 29.5 Å². The summed E-state index contributed by atoms with van der Waals surface area (Å²) in [4.78, 5) is 47.6. The van der Waals surface area contributed by atoms with Crippen LogP contribution in [0.1, 0.15) is 36.9 Å². The van der Waals surface area contributed by atoms with Gasteiger partial charge in [-0.15, -0.1) is 0 Å². The van der Waals surface area contributed by atoms with Crippen LogP contribution in [-0.4, -0.2) is 37.7 Å². The zero-order chi connectivity index (χ0) is 20.4. The average molecular weight is 381 g/mol. The molecular weight excluding hydrogens is 358 g/mol. The fourth-order valence-electron chi connectivity index (χ4n) is 2.02. The van der Waals surface area contributed by atoms with E-state index in [0.29, 0.717) is 0 Å². The summed E-state index contributed by atoms with van der Waals surface area (Å²) in [6, 6.07) is 1.27. The maximum absolute atomic E-state index is 11.9. The summed E-state index contributed by atoms with van der Waals surface area (Å²) in [5.41, 5.74) is -0.708. The van der Waals surface area contributed by atoms with Gasteiger partial charge in [-0.3, -0.25) is 9.59 Å². The fraction of sp³-hybridized carbons (Fsp3) is 0.444. The van der Waals surface area contributed by atoms with Gasteiger partial charge in [-0.25, -0.2) is 9.59 Å². The molecular formula is C18H23NO8. The van der Waals surface area contributed by atoms with Gasteiger partial charge in [0.2, 0.25) is 0 Å². The van der Waals surface area contributed by atoms with Crippen LogP contribution in [0.15, 0.2) is 27.6 Å². The first kappa shape index (κ1) is 21.9. The molecule has 1 aromatic rings. The highest BCUT2D eigenvalue weighted by Crippen LogP contribution is 2.13. The van der Waals surface area contributed by atoms with E-state index in [-0.39, 0.29) is 36.8 Å². The Kier molecular flexibility index (Phi) is 8.77. The van der Waals surface area contributed by atoms with Gasteiger partial charge in [-0.2, -0.15) is 0 Å². The first-order valence-electron chi connectivity index (χ1n) is 8.43. The van der Waals surface area contributed by atoms with Crippen molar-refractivity contribution in [2.24, 2.45) is 5.92 Å². The maximum atomic E-state index is 11.9. The number of ether oxygens (including phenoxy) is 3. The molecule has 9 nitrogen and oxygen atoms in total. The Bertz CT molecular complexity index is 747. The molecule has 0 unspecified atom stereocenters. The lowest BCUT2D eigenvalue weighted by Crippen LogP contribution is -2.26. The van der Waals surface area contributed by atoms with Crippen molar-refractivity contribution in [3.63, 3.8) is 0 Å². The first-order valence-corrected chi connectivity index (χ1v) is 8.43. The topological polar surface area (TPSA) is 121 Å². The van der Waals surface area contributed by atoms with Crippen LogP contribution in [0.4, 0.5) is 5.69 Å². The van der Waals surface area contributed by atoms with Crippen molar-refractivity contribution < 1.29 is 33.0 Å². The van der Waals surface area contributed by atoms with E-state index in [1.54, 1.807) is 20.8 Å². The molecule has 1 rings (SSSR count). The normalized spacial score (nSPS) is 10.7. The van der Waals surface area contributed by atoms with E-state index in [2.05, 4.69) is 5.32 Å². The molecule has 0 aliphatic heterocycles. The maximum Gasteiger partial charge on any atom is 0.359 e. The molecule has 0 saturated heterocycles. The van der Waals surface area contributed by atoms with Crippen molar-refractivity contribution in [1.29, 1.82) is 0 Å². The summed E-state index contributed by atoms with van der Waals surface area (Å²) >= 11 is 0. The number of aryl methyl sites for hydroxylation is 1. The van der Waals surface area contributed by atoms with Crippen LogP contribution < -0.4 is 10.9 Å². The number of nitrogens with one attached hydrogen (secondary N) is 1. The lowest BCUT2D eigenvalue weighted by Gasteiger charge is -2.11. The lowest BCUT2D eigenvalue weighted by molar-refractivity contribution is -0.158. The van der Waals surface area contributed by atoms with Gasteiger partial charge in [0, 0.05) is 0 Å². The van der Waals surface area contributed by atoms with Crippen LogP contribution in [0.5, 0.6) is 0 Å². The van der Waals surface area contributed by atoms with E-state index in [1.807, 2.05) is 0 Å². The van der Waals surface area contributed by atoms with Crippen LogP contribution in [-0.2, 0) is 23.8 Å². The van der Waals surface area contributed by atoms with Gasteiger partial charge in [0.25, 0.3) is 0 Å². The molecule has 1 aromatic heterocycles. The quantitative estimate of drug-likeness (QED) is 0.387. The summed E-state index contributed by atoms with van der Waals surface area (Å²) in [5.74, 6) is -3.38. The number of carbonyl (C=O) groups is 3. The van der Waals surface area contributed by atoms with E-state index in [0.717, 1.165) is 0 Å². The largest absolute Gasteiger partial charge is 0.465 e. The molecule has 0 radical (unpaired) electrons. The Labute approximate surface area is 156 Å². The molecule has 0 aliphatic carbocycles. The number of rotatable bonds is 9. The van der Waals surface area contributed by atoms with E-state index >= 15 is 0 Å². The highest BCUT2D eigenvalue weighted by atomic mass is 16.6. The molecule has 27 heavy (non-hydrogen) atoms. The van der Waals surface area contributed by atoms with E-state index in [4.69, 9.17) is 18.6 Å². The average Bonchev–Trinajstić information content (AvgIpc) is 2.60. The molecule has 148 valence electrons. The van der Waals surface area contributed by atoms with E-state index in [9.17, 15) is 19.2 Å². The van der Waals surface area contributed by atoms with Crippen molar-refractivity contribution in [1.82, 2.24) is 0 Å². The van der Waals surface area contributed by atoms with Gasteiger partial charge >= 0.3 is 23.5 Å². The molecule has 0 spiro atoms. The summed E-state index contributed by atoms with van der Waals surface area (Å²) in [7, 11) is 0. The number of hydrogen-bond donors (Lipinski definition) is 1. The second kappa shape index (κ2) is 10.8. The van der Waals surface area contributed by atoms with Gasteiger partial charge < -0.3 is 23.9 Å². The summed E-state index contributed by atoms with van der Waals surface area (Å²) in [6.07, 6.45) is 2.40. The summed E-state index contributed by atoms with van der Waals surface area (Å²) in [5, 5.41) is 2.59. The standard InChI is InChI=1S/C18H23NO8/c1-5-24-15(20)12(16(21)25-6-2)8-9-19-14-10-13(17(22)26-7-3)11(4)27-18(14)23/h8-10,12,19H,5-7H2,1-4H3/b9-8+. The minimum atomic E-state index is -1.29. The smallest absolute Gasteiger partial charge is 0.359 e. The van der Waals surface area contributed by atoms with Gasteiger partial charge in [0.05, 0.1) is 19.8 Å². The van der Waals surface area contributed by atoms with Gasteiger partial charge in [-0.1, -0.05) is 0 Å². The molecule has 0 saturated carbocycles. The Hall–Kier alpha value is -3.10. The minimum Gasteiger partial charge on any atom is -0.465 e. The molecule has 9 heteroatoms. The third-order valence-electron chi connectivity index (χ3n) is 3.24. The van der Waals surface area contributed by atoms with Gasteiger partial charge in [0.15, 0.2) is 5.92 Å². The van der Waals surface area contributed by atoms with Crippen LogP contribution in [0.3, 0.4) is 0 Å². The molecule has 0 bridgehead atoms. The van der Waals surface area contributed by atoms with Crippen molar-refractivity contribution in [3.05, 3.63) is 40.1 Å². The zero-order valence-electron chi connectivity index (χ0n) is 15.7. The number of carbonyl (C=O) groups excluding carboxylic acids is 3. The predicted octanol–water partition coefficient (Wildman–Crippen LogP) is 1.79. The zero-order valence-corrected chi connectivity index (χ0v) is 15.7. The van der Waals surface area contributed by atoms with Crippen LogP contribution >= 0.6 is 0 Å². The van der Waals surface area contributed by atoms with Crippen molar-refractivity contribution in [2.45, 2.75) is 27.7 Å². The van der Waals surface area contributed by atoms with Crippen LogP contribution in [0.25, 0.3) is 0 Å². The third-order valence-corrected chi connectivity index (χ3v) is 3.24. The number of anilines is 1.